The number of nitrogens with zero attached hydrogens (tertiary/aromatic N) is 4. The van der Waals surface area contributed by atoms with Gasteiger partial charge in [-0.15, -0.1) is 0 Å². The number of amidine groups is 1. The SMILES string of the molecule is Cc1cc(-n2cc(Br)cn2)c(/C(N)=N/O)c(C)n1. The van der Waals surface area contributed by atoms with Crippen molar-refractivity contribution in [2.24, 2.45) is 10.9 Å². The van der Waals surface area contributed by atoms with Gasteiger partial charge >= 0.3 is 0 Å². The summed E-state index contributed by atoms with van der Waals surface area (Å²) in [7, 11) is 0. The van der Waals surface area contributed by atoms with E-state index >= 15 is 0 Å². The summed E-state index contributed by atoms with van der Waals surface area (Å²) >= 11 is 3.34. The Labute approximate surface area is 112 Å². The van der Waals surface area contributed by atoms with Gasteiger partial charge in [0.15, 0.2) is 5.84 Å². The Kier molecular flexibility index (Phi) is 3.33. The number of halogens is 1. The third-order valence-electron chi connectivity index (χ3n) is 2.47. The molecule has 0 bridgehead atoms. The Morgan fingerprint density at radius 1 is 1.50 bits per heavy atom. The Bertz CT molecular complexity index is 620. The zero-order valence-corrected chi connectivity index (χ0v) is 11.5. The number of pyridine rings is 1. The second kappa shape index (κ2) is 4.77. The van der Waals surface area contributed by atoms with E-state index in [0.717, 1.165) is 15.9 Å². The molecule has 0 unspecified atom stereocenters. The Balaban J connectivity index is 2.72. The smallest absolute Gasteiger partial charge is 0.174 e. The van der Waals surface area contributed by atoms with Gasteiger partial charge in [0.2, 0.25) is 0 Å². The van der Waals surface area contributed by atoms with Gasteiger partial charge in [0.05, 0.1) is 27.6 Å². The molecule has 0 aliphatic carbocycles. The molecule has 18 heavy (non-hydrogen) atoms. The van der Waals surface area contributed by atoms with Crippen LogP contribution in [0.3, 0.4) is 0 Å². The maximum Gasteiger partial charge on any atom is 0.174 e. The van der Waals surface area contributed by atoms with Crippen molar-refractivity contribution >= 4 is 21.8 Å². The summed E-state index contributed by atoms with van der Waals surface area (Å²) in [5.41, 5.74) is 8.51. The maximum absolute atomic E-state index is 8.85. The van der Waals surface area contributed by atoms with Crippen molar-refractivity contribution in [2.75, 3.05) is 0 Å². The van der Waals surface area contributed by atoms with Gasteiger partial charge in [-0.2, -0.15) is 5.10 Å². The lowest BCUT2D eigenvalue weighted by atomic mass is 10.1. The van der Waals surface area contributed by atoms with E-state index in [1.54, 1.807) is 17.1 Å². The molecule has 7 heteroatoms. The predicted octanol–water partition coefficient (Wildman–Crippen LogP) is 1.74. The summed E-state index contributed by atoms with van der Waals surface area (Å²) in [4.78, 5) is 4.31. The lowest BCUT2D eigenvalue weighted by Crippen LogP contribution is -2.19. The van der Waals surface area contributed by atoms with E-state index in [2.05, 4.69) is 31.2 Å². The molecule has 0 aliphatic rings. The summed E-state index contributed by atoms with van der Waals surface area (Å²) in [5, 5.41) is 16.1. The van der Waals surface area contributed by atoms with Crippen LogP contribution in [0.25, 0.3) is 5.69 Å². The first-order valence-electron chi connectivity index (χ1n) is 5.19. The van der Waals surface area contributed by atoms with Gasteiger partial charge in [-0.25, -0.2) is 4.68 Å². The van der Waals surface area contributed by atoms with Crippen LogP contribution in [0.4, 0.5) is 0 Å². The van der Waals surface area contributed by atoms with Gasteiger partial charge in [-0.05, 0) is 35.8 Å². The van der Waals surface area contributed by atoms with Crippen LogP contribution < -0.4 is 5.73 Å². The molecule has 3 N–H and O–H groups in total. The molecule has 2 heterocycles. The molecular weight excluding hydrogens is 298 g/mol. The van der Waals surface area contributed by atoms with Crippen molar-refractivity contribution < 1.29 is 5.21 Å². The third kappa shape index (κ3) is 2.21. The van der Waals surface area contributed by atoms with Gasteiger partial charge in [-0.3, -0.25) is 4.98 Å². The fraction of sp³-hybridized carbons (Fsp3) is 0.182. The van der Waals surface area contributed by atoms with Crippen molar-refractivity contribution in [2.45, 2.75) is 13.8 Å². The molecule has 94 valence electrons. The minimum Gasteiger partial charge on any atom is -0.409 e. The average Bonchev–Trinajstić information content (AvgIpc) is 2.74. The first-order chi connectivity index (χ1) is 8.52. The first kappa shape index (κ1) is 12.6. The monoisotopic (exact) mass is 309 g/mol. The molecule has 0 radical (unpaired) electrons. The maximum atomic E-state index is 8.85. The van der Waals surface area contributed by atoms with E-state index in [1.807, 2.05) is 19.9 Å². The van der Waals surface area contributed by atoms with E-state index in [-0.39, 0.29) is 5.84 Å². The quantitative estimate of drug-likeness (QED) is 0.383. The van der Waals surface area contributed by atoms with Crippen molar-refractivity contribution in [1.82, 2.24) is 14.8 Å². The molecule has 0 amide bonds. The highest BCUT2D eigenvalue weighted by Gasteiger charge is 2.15. The van der Waals surface area contributed by atoms with Crippen LogP contribution in [-0.2, 0) is 0 Å². The molecule has 0 aliphatic heterocycles. The summed E-state index contributed by atoms with van der Waals surface area (Å²) < 4.78 is 2.50. The van der Waals surface area contributed by atoms with E-state index in [1.165, 1.54) is 0 Å². The van der Waals surface area contributed by atoms with Crippen molar-refractivity contribution in [1.29, 1.82) is 0 Å². The number of rotatable bonds is 2. The molecule has 0 aromatic carbocycles. The predicted molar refractivity (Wildman–Crippen MR) is 71.0 cm³/mol. The molecule has 0 saturated carbocycles. The standard InChI is InChI=1S/C11H12BrN5O/c1-6-3-9(17-5-8(12)4-14-17)10(7(2)15-6)11(13)16-18/h3-5,18H,1-2H3,(H2,13,16). The summed E-state index contributed by atoms with van der Waals surface area (Å²) in [6.45, 7) is 3.69. The zero-order chi connectivity index (χ0) is 13.3. The van der Waals surface area contributed by atoms with Crippen LogP contribution in [0, 0.1) is 13.8 Å². The number of aryl methyl sites for hydroxylation is 2. The van der Waals surface area contributed by atoms with Crippen molar-refractivity contribution in [3.05, 3.63) is 39.9 Å². The minimum absolute atomic E-state index is 0.0154. The Morgan fingerprint density at radius 2 is 2.22 bits per heavy atom. The minimum atomic E-state index is 0.0154. The molecule has 0 atom stereocenters. The highest BCUT2D eigenvalue weighted by Crippen LogP contribution is 2.20. The highest BCUT2D eigenvalue weighted by molar-refractivity contribution is 9.10. The number of hydrogen-bond donors (Lipinski definition) is 2. The zero-order valence-electron chi connectivity index (χ0n) is 9.92. The fourth-order valence-electron chi connectivity index (χ4n) is 1.79. The average molecular weight is 310 g/mol. The van der Waals surface area contributed by atoms with Gasteiger partial charge in [0.1, 0.15) is 0 Å². The van der Waals surface area contributed by atoms with Crippen LogP contribution in [0.15, 0.2) is 28.1 Å². The van der Waals surface area contributed by atoms with E-state index in [9.17, 15) is 0 Å². The van der Waals surface area contributed by atoms with Crippen LogP contribution in [0.1, 0.15) is 17.0 Å². The first-order valence-corrected chi connectivity index (χ1v) is 5.99. The lowest BCUT2D eigenvalue weighted by molar-refractivity contribution is 0.318. The molecule has 6 nitrogen and oxygen atoms in total. The van der Waals surface area contributed by atoms with Crippen LogP contribution in [0.5, 0.6) is 0 Å². The topological polar surface area (TPSA) is 89.3 Å². The number of aromatic nitrogens is 3. The second-order valence-electron chi connectivity index (χ2n) is 3.83. The third-order valence-corrected chi connectivity index (χ3v) is 2.88. The van der Waals surface area contributed by atoms with E-state index < -0.39 is 0 Å². The summed E-state index contributed by atoms with van der Waals surface area (Å²) in [6, 6.07) is 1.83. The van der Waals surface area contributed by atoms with Crippen LogP contribution in [-0.4, -0.2) is 25.8 Å². The molecular formula is C11H12BrN5O. The molecule has 0 saturated heterocycles. The van der Waals surface area contributed by atoms with Crippen LogP contribution in [0.2, 0.25) is 0 Å². The molecule has 2 aromatic rings. The number of oxime groups is 1. The number of nitrogens with two attached hydrogens (primary N) is 1. The van der Waals surface area contributed by atoms with Crippen molar-refractivity contribution in [3.8, 4) is 5.69 Å². The van der Waals surface area contributed by atoms with Crippen molar-refractivity contribution in [3.63, 3.8) is 0 Å². The second-order valence-corrected chi connectivity index (χ2v) is 4.75. The highest BCUT2D eigenvalue weighted by atomic mass is 79.9. The molecule has 0 fully saturated rings. The lowest BCUT2D eigenvalue weighted by Gasteiger charge is -2.11. The molecule has 2 rings (SSSR count). The Hall–Kier alpha value is -1.89. The largest absolute Gasteiger partial charge is 0.409 e. The van der Waals surface area contributed by atoms with Gasteiger partial charge in [-0.1, -0.05) is 5.16 Å². The summed E-state index contributed by atoms with van der Waals surface area (Å²) in [5.74, 6) is 0.0154. The fourth-order valence-corrected chi connectivity index (χ4v) is 2.07. The summed E-state index contributed by atoms with van der Waals surface area (Å²) in [6.07, 6.45) is 3.46. The molecule has 2 aromatic heterocycles. The van der Waals surface area contributed by atoms with Crippen LogP contribution >= 0.6 is 15.9 Å². The Morgan fingerprint density at radius 3 is 2.78 bits per heavy atom. The van der Waals surface area contributed by atoms with Gasteiger partial charge in [0.25, 0.3) is 0 Å². The number of hydrogen-bond acceptors (Lipinski definition) is 4. The van der Waals surface area contributed by atoms with Gasteiger partial charge in [0, 0.05) is 11.9 Å². The molecule has 0 spiro atoms. The van der Waals surface area contributed by atoms with E-state index in [4.69, 9.17) is 10.9 Å². The normalized spacial score (nSPS) is 11.8. The van der Waals surface area contributed by atoms with Gasteiger partial charge < -0.3 is 10.9 Å². The van der Waals surface area contributed by atoms with E-state index in [0.29, 0.717) is 11.3 Å².